The van der Waals surface area contributed by atoms with E-state index in [1.54, 1.807) is 19.0 Å². The first kappa shape index (κ1) is 17.1. The van der Waals surface area contributed by atoms with Crippen LogP contribution in [0.1, 0.15) is 22.1 Å². The fourth-order valence-corrected chi connectivity index (χ4v) is 3.72. The van der Waals surface area contributed by atoms with Crippen LogP contribution < -0.4 is 10.2 Å². The average Bonchev–Trinajstić information content (AvgIpc) is 2.71. The molecule has 3 aromatic carbocycles. The van der Waals surface area contributed by atoms with E-state index in [0.717, 1.165) is 22.0 Å². The maximum atomic E-state index is 13.0. The van der Waals surface area contributed by atoms with E-state index in [2.05, 4.69) is 29.6 Å². The highest BCUT2D eigenvalue weighted by atomic mass is 16.2. The Hall–Kier alpha value is -3.34. The van der Waals surface area contributed by atoms with Crippen LogP contribution in [-0.4, -0.2) is 37.4 Å². The Morgan fingerprint density at radius 2 is 1.70 bits per heavy atom. The van der Waals surface area contributed by atoms with Crippen molar-refractivity contribution in [2.45, 2.75) is 6.17 Å². The lowest BCUT2D eigenvalue weighted by Crippen LogP contribution is -2.50. The lowest BCUT2D eigenvalue weighted by molar-refractivity contribution is -0.119. The zero-order valence-corrected chi connectivity index (χ0v) is 15.3. The van der Waals surface area contributed by atoms with E-state index in [1.165, 1.54) is 0 Å². The van der Waals surface area contributed by atoms with Gasteiger partial charge in [0.1, 0.15) is 6.17 Å². The molecule has 1 aliphatic heterocycles. The first-order chi connectivity index (χ1) is 13.1. The SMILES string of the molecule is CNC(=O)CN1c2ccccc2C(=O)N(C)[C@H]1c1ccc2ccccc2c1. The van der Waals surface area contributed by atoms with Crippen molar-refractivity contribution in [2.24, 2.45) is 0 Å². The standard InChI is InChI=1S/C22H21N3O2/c1-23-20(26)14-25-19-10-6-5-9-18(19)22(27)24(2)21(25)17-12-11-15-7-3-4-8-16(15)13-17/h3-13,21H,14H2,1-2H3,(H,23,26)/t21-/m1/s1. The largest absolute Gasteiger partial charge is 0.358 e. The molecule has 1 atom stereocenters. The maximum Gasteiger partial charge on any atom is 0.257 e. The summed E-state index contributed by atoms with van der Waals surface area (Å²) in [7, 11) is 3.41. The van der Waals surface area contributed by atoms with Gasteiger partial charge in [-0.3, -0.25) is 9.59 Å². The first-order valence-electron chi connectivity index (χ1n) is 8.92. The Balaban J connectivity index is 1.87. The summed E-state index contributed by atoms with van der Waals surface area (Å²) in [4.78, 5) is 28.9. The van der Waals surface area contributed by atoms with E-state index in [-0.39, 0.29) is 24.5 Å². The van der Waals surface area contributed by atoms with Crippen molar-refractivity contribution in [3.8, 4) is 0 Å². The Kier molecular flexibility index (Phi) is 4.28. The van der Waals surface area contributed by atoms with E-state index in [4.69, 9.17) is 0 Å². The summed E-state index contributed by atoms with van der Waals surface area (Å²) >= 11 is 0. The highest BCUT2D eigenvalue weighted by Crippen LogP contribution is 2.38. The van der Waals surface area contributed by atoms with Gasteiger partial charge >= 0.3 is 0 Å². The minimum absolute atomic E-state index is 0.0445. The number of hydrogen-bond acceptors (Lipinski definition) is 3. The Labute approximate surface area is 158 Å². The van der Waals surface area contributed by atoms with Crippen LogP contribution in [0, 0.1) is 0 Å². The molecule has 0 radical (unpaired) electrons. The zero-order chi connectivity index (χ0) is 19.0. The molecule has 0 fully saturated rings. The summed E-state index contributed by atoms with van der Waals surface area (Å²) < 4.78 is 0. The van der Waals surface area contributed by atoms with Crippen LogP contribution in [0.15, 0.2) is 66.7 Å². The molecule has 0 aromatic heterocycles. The smallest absolute Gasteiger partial charge is 0.257 e. The first-order valence-corrected chi connectivity index (χ1v) is 8.92. The molecule has 0 bridgehead atoms. The number of likely N-dealkylation sites (N-methyl/N-ethyl adjacent to an activating group) is 1. The van der Waals surface area contributed by atoms with Gasteiger partial charge in [0.2, 0.25) is 5.91 Å². The van der Waals surface area contributed by atoms with Crippen molar-refractivity contribution in [3.05, 3.63) is 77.9 Å². The third-order valence-electron chi connectivity index (χ3n) is 5.09. The van der Waals surface area contributed by atoms with Crippen LogP contribution in [0.25, 0.3) is 10.8 Å². The molecule has 5 heteroatoms. The normalized spacial score (nSPS) is 16.4. The number of nitrogens with zero attached hydrogens (tertiary/aromatic N) is 2. The Morgan fingerprint density at radius 3 is 2.48 bits per heavy atom. The van der Waals surface area contributed by atoms with Crippen molar-refractivity contribution in [2.75, 3.05) is 25.5 Å². The van der Waals surface area contributed by atoms with E-state index >= 15 is 0 Å². The summed E-state index contributed by atoms with van der Waals surface area (Å²) in [5.41, 5.74) is 2.37. The Bertz CT molecular complexity index is 1030. The predicted octanol–water partition coefficient (Wildman–Crippen LogP) is 3.18. The summed E-state index contributed by atoms with van der Waals surface area (Å²) in [5, 5.41) is 4.94. The Morgan fingerprint density at radius 1 is 1.00 bits per heavy atom. The second-order valence-electron chi connectivity index (χ2n) is 6.71. The van der Waals surface area contributed by atoms with Gasteiger partial charge in [0.05, 0.1) is 17.8 Å². The molecule has 4 rings (SSSR count). The van der Waals surface area contributed by atoms with Crippen molar-refractivity contribution < 1.29 is 9.59 Å². The third kappa shape index (κ3) is 2.91. The summed E-state index contributed by atoms with van der Waals surface area (Å²) in [6.07, 6.45) is -0.352. The molecule has 3 aromatic rings. The van der Waals surface area contributed by atoms with E-state index in [0.29, 0.717) is 5.56 Å². The van der Waals surface area contributed by atoms with Gasteiger partial charge in [-0.25, -0.2) is 0 Å². The second kappa shape index (κ2) is 6.76. The molecule has 0 saturated heterocycles. The highest BCUT2D eigenvalue weighted by molar-refractivity contribution is 6.02. The van der Waals surface area contributed by atoms with Gasteiger partial charge in [0.25, 0.3) is 5.91 Å². The number of rotatable bonds is 3. The molecule has 0 spiro atoms. The molecular formula is C22H21N3O2. The number of carbonyl (C=O) groups excluding carboxylic acids is 2. The van der Waals surface area contributed by atoms with Crippen LogP contribution in [0.5, 0.6) is 0 Å². The molecule has 1 heterocycles. The highest BCUT2D eigenvalue weighted by Gasteiger charge is 2.37. The lowest BCUT2D eigenvalue weighted by Gasteiger charge is -2.44. The maximum absolute atomic E-state index is 13.0. The number of carbonyl (C=O) groups is 2. The van der Waals surface area contributed by atoms with Gasteiger partial charge in [-0.1, -0.05) is 48.5 Å². The topological polar surface area (TPSA) is 52.7 Å². The third-order valence-corrected chi connectivity index (χ3v) is 5.09. The summed E-state index contributed by atoms with van der Waals surface area (Å²) in [6, 6.07) is 21.8. The molecule has 136 valence electrons. The molecule has 27 heavy (non-hydrogen) atoms. The van der Waals surface area contributed by atoms with Crippen LogP contribution >= 0.6 is 0 Å². The summed E-state index contributed by atoms with van der Waals surface area (Å²) in [5.74, 6) is -0.143. The van der Waals surface area contributed by atoms with Crippen LogP contribution in [0.2, 0.25) is 0 Å². The molecule has 2 amide bonds. The number of para-hydroxylation sites is 1. The number of amides is 2. The van der Waals surface area contributed by atoms with Gasteiger partial charge in [0.15, 0.2) is 0 Å². The van der Waals surface area contributed by atoms with Crippen LogP contribution in [0.4, 0.5) is 5.69 Å². The number of nitrogens with one attached hydrogen (secondary N) is 1. The van der Waals surface area contributed by atoms with Gasteiger partial charge in [-0.05, 0) is 34.5 Å². The van der Waals surface area contributed by atoms with Crippen LogP contribution in [0.3, 0.4) is 0 Å². The van der Waals surface area contributed by atoms with Gasteiger partial charge in [-0.15, -0.1) is 0 Å². The molecule has 0 unspecified atom stereocenters. The fourth-order valence-electron chi connectivity index (χ4n) is 3.72. The predicted molar refractivity (Wildman–Crippen MR) is 107 cm³/mol. The van der Waals surface area contributed by atoms with Crippen molar-refractivity contribution >= 4 is 28.3 Å². The van der Waals surface area contributed by atoms with Gasteiger partial charge < -0.3 is 15.1 Å². The number of hydrogen-bond donors (Lipinski definition) is 1. The van der Waals surface area contributed by atoms with Gasteiger partial charge in [0, 0.05) is 14.1 Å². The molecule has 0 aliphatic carbocycles. The second-order valence-corrected chi connectivity index (χ2v) is 6.71. The quantitative estimate of drug-likeness (QED) is 0.781. The molecule has 5 nitrogen and oxygen atoms in total. The number of benzene rings is 3. The van der Waals surface area contributed by atoms with Crippen LogP contribution in [-0.2, 0) is 4.79 Å². The fraction of sp³-hybridized carbons (Fsp3) is 0.182. The lowest BCUT2D eigenvalue weighted by atomic mass is 9.99. The molecule has 1 aliphatic rings. The van der Waals surface area contributed by atoms with Crippen molar-refractivity contribution in [3.63, 3.8) is 0 Å². The minimum atomic E-state index is -0.352. The monoisotopic (exact) mass is 359 g/mol. The van der Waals surface area contributed by atoms with Crippen molar-refractivity contribution in [1.29, 1.82) is 0 Å². The molecule has 1 N–H and O–H groups in total. The number of fused-ring (bicyclic) bond motifs is 2. The molecule has 0 saturated carbocycles. The minimum Gasteiger partial charge on any atom is -0.358 e. The number of anilines is 1. The van der Waals surface area contributed by atoms with E-state index < -0.39 is 0 Å². The van der Waals surface area contributed by atoms with E-state index in [1.807, 2.05) is 47.4 Å². The van der Waals surface area contributed by atoms with Crippen molar-refractivity contribution in [1.82, 2.24) is 10.2 Å². The van der Waals surface area contributed by atoms with E-state index in [9.17, 15) is 9.59 Å². The zero-order valence-electron chi connectivity index (χ0n) is 15.3. The average molecular weight is 359 g/mol. The van der Waals surface area contributed by atoms with Gasteiger partial charge in [-0.2, -0.15) is 0 Å². The summed E-state index contributed by atoms with van der Waals surface area (Å²) in [6.45, 7) is 0.169. The molecular weight excluding hydrogens is 338 g/mol.